The lowest BCUT2D eigenvalue weighted by molar-refractivity contribution is -0.384. The van der Waals surface area contributed by atoms with E-state index in [4.69, 9.17) is 4.74 Å². The number of nitro groups is 1. The summed E-state index contributed by atoms with van der Waals surface area (Å²) in [7, 11) is 0. The second-order valence-electron chi connectivity index (χ2n) is 10.4. The number of hydrogen-bond donors (Lipinski definition) is 1. The van der Waals surface area contributed by atoms with Crippen molar-refractivity contribution >= 4 is 22.6 Å². The largest absolute Gasteiger partial charge is 0.444 e. The molecule has 1 N–H and O–H groups in total. The molecule has 0 unspecified atom stereocenters. The van der Waals surface area contributed by atoms with Crippen LogP contribution in [0.15, 0.2) is 77.0 Å². The number of azo groups is 1. The Bertz CT molecular complexity index is 1220. The van der Waals surface area contributed by atoms with Crippen molar-refractivity contribution in [3.63, 3.8) is 0 Å². The molecule has 0 fully saturated rings. The maximum absolute atomic E-state index is 12.9. The molecule has 8 nitrogen and oxygen atoms in total. The third kappa shape index (κ3) is 7.34. The minimum absolute atomic E-state index is 0.0254. The molecule has 0 aromatic heterocycles. The standard InChI is InChI=1S/C27H32N4O4/c1-26(2,3)30-29-24(19-13-15-22(16-14-19)31(33)34)23(28-25(32)35-27(4,5)6)21-12-11-18-9-7-8-10-20(18)17-21/h7-17,23-24H,1-6H3,(H,28,32)/t23-,24+/m1/s1. The number of amides is 1. The molecule has 0 spiro atoms. The number of ether oxygens (including phenoxy) is 1. The van der Waals surface area contributed by atoms with Gasteiger partial charge in [0.25, 0.3) is 5.69 Å². The van der Waals surface area contributed by atoms with E-state index in [2.05, 4.69) is 15.5 Å². The molecule has 8 heteroatoms. The number of nitro benzene ring substituents is 1. The lowest BCUT2D eigenvalue weighted by Gasteiger charge is -2.28. The minimum atomic E-state index is -0.687. The fourth-order valence-corrected chi connectivity index (χ4v) is 3.53. The SMILES string of the molecule is CC(C)(C)N=N[C@@H](c1ccc([N+](=O)[O-])cc1)[C@H](NC(=O)OC(C)(C)C)c1ccc2ccccc2c1. The second kappa shape index (κ2) is 10.2. The lowest BCUT2D eigenvalue weighted by Crippen LogP contribution is -2.37. The number of fused-ring (bicyclic) bond motifs is 1. The van der Waals surface area contributed by atoms with Gasteiger partial charge in [-0.05, 0) is 81.6 Å². The topological polar surface area (TPSA) is 106 Å². The number of carbonyl (C=O) groups excluding carboxylic acids is 1. The summed E-state index contributed by atoms with van der Waals surface area (Å²) < 4.78 is 5.55. The molecule has 0 saturated heterocycles. The predicted molar refractivity (Wildman–Crippen MR) is 137 cm³/mol. The van der Waals surface area contributed by atoms with E-state index in [1.54, 1.807) is 32.9 Å². The second-order valence-corrected chi connectivity index (χ2v) is 10.4. The Morgan fingerprint density at radius 2 is 1.51 bits per heavy atom. The van der Waals surface area contributed by atoms with E-state index in [-0.39, 0.29) is 5.69 Å². The van der Waals surface area contributed by atoms with E-state index in [0.29, 0.717) is 5.56 Å². The van der Waals surface area contributed by atoms with Gasteiger partial charge in [0, 0.05) is 12.1 Å². The van der Waals surface area contributed by atoms with Crippen LogP contribution in [0.25, 0.3) is 10.8 Å². The highest BCUT2D eigenvalue weighted by Crippen LogP contribution is 2.36. The molecule has 3 rings (SSSR count). The van der Waals surface area contributed by atoms with E-state index in [0.717, 1.165) is 16.3 Å². The number of rotatable bonds is 6. The fraction of sp³-hybridized carbons (Fsp3) is 0.370. The smallest absolute Gasteiger partial charge is 0.408 e. The van der Waals surface area contributed by atoms with Gasteiger partial charge in [0.1, 0.15) is 11.6 Å². The van der Waals surface area contributed by atoms with Crippen molar-refractivity contribution in [3.05, 3.63) is 88.0 Å². The normalized spacial score (nSPS) is 14.0. The van der Waals surface area contributed by atoms with Gasteiger partial charge in [-0.2, -0.15) is 10.2 Å². The Balaban J connectivity index is 2.13. The average Bonchev–Trinajstić information content (AvgIpc) is 2.76. The van der Waals surface area contributed by atoms with E-state index < -0.39 is 34.2 Å². The summed E-state index contributed by atoms with van der Waals surface area (Å²) in [5, 5.41) is 25.4. The highest BCUT2D eigenvalue weighted by atomic mass is 16.6. The van der Waals surface area contributed by atoms with Crippen LogP contribution in [0.1, 0.15) is 64.8 Å². The monoisotopic (exact) mass is 476 g/mol. The molecule has 3 aromatic rings. The molecule has 35 heavy (non-hydrogen) atoms. The maximum atomic E-state index is 12.9. The molecule has 0 heterocycles. The Kier molecular flexibility index (Phi) is 7.53. The lowest BCUT2D eigenvalue weighted by atomic mass is 9.92. The molecule has 0 radical (unpaired) electrons. The molecule has 3 aromatic carbocycles. The summed E-state index contributed by atoms with van der Waals surface area (Å²) in [6, 6.07) is 18.7. The molecule has 184 valence electrons. The van der Waals surface area contributed by atoms with Crippen molar-refractivity contribution in [1.82, 2.24) is 5.32 Å². The van der Waals surface area contributed by atoms with Crippen LogP contribution >= 0.6 is 0 Å². The first-order valence-electron chi connectivity index (χ1n) is 11.5. The van der Waals surface area contributed by atoms with Gasteiger partial charge >= 0.3 is 6.09 Å². The summed E-state index contributed by atoms with van der Waals surface area (Å²) in [4.78, 5) is 23.6. The summed E-state index contributed by atoms with van der Waals surface area (Å²) in [5.74, 6) is 0. The van der Waals surface area contributed by atoms with Crippen LogP contribution in [0.3, 0.4) is 0 Å². The van der Waals surface area contributed by atoms with Gasteiger partial charge in [-0.3, -0.25) is 10.1 Å². The zero-order chi connectivity index (χ0) is 25.8. The summed E-state index contributed by atoms with van der Waals surface area (Å²) >= 11 is 0. The molecule has 1 amide bonds. The molecule has 0 aliphatic carbocycles. The fourth-order valence-electron chi connectivity index (χ4n) is 3.53. The number of nitrogens with zero attached hydrogens (tertiary/aromatic N) is 3. The van der Waals surface area contributed by atoms with Crippen molar-refractivity contribution < 1.29 is 14.5 Å². The van der Waals surface area contributed by atoms with Crippen LogP contribution in [0, 0.1) is 10.1 Å². The van der Waals surface area contributed by atoms with E-state index >= 15 is 0 Å². The van der Waals surface area contributed by atoms with Gasteiger partial charge in [-0.25, -0.2) is 4.79 Å². The van der Waals surface area contributed by atoms with Crippen LogP contribution in [-0.4, -0.2) is 22.2 Å². The van der Waals surface area contributed by atoms with Crippen molar-refractivity contribution in [1.29, 1.82) is 0 Å². The Hall–Kier alpha value is -3.81. The summed E-state index contributed by atoms with van der Waals surface area (Å²) in [6.45, 7) is 11.2. The van der Waals surface area contributed by atoms with E-state index in [1.165, 1.54) is 12.1 Å². The van der Waals surface area contributed by atoms with Crippen molar-refractivity contribution in [2.75, 3.05) is 0 Å². The molecule has 2 atom stereocenters. The van der Waals surface area contributed by atoms with Gasteiger partial charge in [0.2, 0.25) is 0 Å². The summed E-state index contributed by atoms with van der Waals surface area (Å²) in [6.07, 6.45) is -0.589. The maximum Gasteiger partial charge on any atom is 0.408 e. The number of hydrogen-bond acceptors (Lipinski definition) is 6. The molecule has 0 saturated carbocycles. The Morgan fingerprint density at radius 1 is 0.914 bits per heavy atom. The number of carbonyl (C=O) groups is 1. The number of non-ortho nitro benzene ring substituents is 1. The Labute approximate surface area is 205 Å². The number of alkyl carbamates (subject to hydrolysis) is 1. The highest BCUT2D eigenvalue weighted by Gasteiger charge is 2.30. The summed E-state index contributed by atoms with van der Waals surface area (Å²) in [5.41, 5.74) is 0.318. The molecular formula is C27H32N4O4. The third-order valence-corrected chi connectivity index (χ3v) is 5.05. The zero-order valence-electron chi connectivity index (χ0n) is 21.0. The van der Waals surface area contributed by atoms with Crippen LogP contribution in [0.2, 0.25) is 0 Å². The first-order chi connectivity index (χ1) is 16.3. The van der Waals surface area contributed by atoms with Crippen LogP contribution in [0.4, 0.5) is 10.5 Å². The average molecular weight is 477 g/mol. The van der Waals surface area contributed by atoms with Crippen LogP contribution in [0.5, 0.6) is 0 Å². The molecule has 0 aliphatic heterocycles. The minimum Gasteiger partial charge on any atom is -0.444 e. The van der Waals surface area contributed by atoms with Gasteiger partial charge in [-0.15, -0.1) is 0 Å². The quantitative estimate of drug-likeness (QED) is 0.229. The zero-order valence-corrected chi connectivity index (χ0v) is 21.0. The van der Waals surface area contributed by atoms with Gasteiger partial charge in [0.05, 0.1) is 16.5 Å². The van der Waals surface area contributed by atoms with E-state index in [9.17, 15) is 14.9 Å². The highest BCUT2D eigenvalue weighted by molar-refractivity contribution is 5.83. The van der Waals surface area contributed by atoms with E-state index in [1.807, 2.05) is 63.2 Å². The number of benzene rings is 3. The van der Waals surface area contributed by atoms with Gasteiger partial charge < -0.3 is 10.1 Å². The predicted octanol–water partition coefficient (Wildman–Crippen LogP) is 7.31. The molecular weight excluding hydrogens is 444 g/mol. The third-order valence-electron chi connectivity index (χ3n) is 5.05. The number of nitrogens with one attached hydrogen (secondary N) is 1. The van der Waals surface area contributed by atoms with Crippen LogP contribution < -0.4 is 5.32 Å². The molecule has 0 bridgehead atoms. The first-order valence-corrected chi connectivity index (χ1v) is 11.5. The first kappa shape index (κ1) is 25.8. The van der Waals surface area contributed by atoms with Crippen molar-refractivity contribution in [2.45, 2.75) is 64.8 Å². The van der Waals surface area contributed by atoms with Crippen LogP contribution in [-0.2, 0) is 4.74 Å². The van der Waals surface area contributed by atoms with Gasteiger partial charge in [-0.1, -0.05) is 36.4 Å². The molecule has 0 aliphatic rings. The van der Waals surface area contributed by atoms with Crippen molar-refractivity contribution in [3.8, 4) is 0 Å². The Morgan fingerprint density at radius 3 is 2.09 bits per heavy atom. The van der Waals surface area contributed by atoms with Crippen molar-refractivity contribution in [2.24, 2.45) is 10.2 Å². The van der Waals surface area contributed by atoms with Gasteiger partial charge in [0.15, 0.2) is 0 Å².